The number of nitrogens with zero attached hydrogens (tertiary/aromatic N) is 1. The van der Waals surface area contributed by atoms with E-state index in [9.17, 15) is 9.59 Å². The van der Waals surface area contributed by atoms with E-state index in [1.54, 1.807) is 61.5 Å². The van der Waals surface area contributed by atoms with Crippen LogP contribution in [-0.4, -0.2) is 43.2 Å². The normalized spacial score (nSPS) is 10.2. The number of hydrogen-bond donors (Lipinski definition) is 1. The van der Waals surface area contributed by atoms with Crippen molar-refractivity contribution in [3.63, 3.8) is 0 Å². The Balaban J connectivity index is 1.72. The molecule has 0 saturated heterocycles. The Labute approximate surface area is 150 Å². The summed E-state index contributed by atoms with van der Waals surface area (Å²) in [6.07, 6.45) is 0. The first-order chi connectivity index (χ1) is 11.6. The molecule has 0 aliphatic carbocycles. The highest BCUT2D eigenvalue weighted by molar-refractivity contribution is 7.99. The lowest BCUT2D eigenvalue weighted by molar-refractivity contribution is -0.131. The second kappa shape index (κ2) is 9.34. The third kappa shape index (κ3) is 5.90. The molecule has 0 spiro atoms. The quantitative estimate of drug-likeness (QED) is 0.782. The van der Waals surface area contributed by atoms with Crippen LogP contribution in [0.25, 0.3) is 0 Å². The topological polar surface area (TPSA) is 58.6 Å². The molecule has 2 amide bonds. The Morgan fingerprint density at radius 3 is 2.62 bits per heavy atom. The fourth-order valence-corrected chi connectivity index (χ4v) is 3.73. The van der Waals surface area contributed by atoms with Crippen molar-refractivity contribution < 1.29 is 14.3 Å². The molecule has 128 valence electrons. The van der Waals surface area contributed by atoms with E-state index in [0.29, 0.717) is 11.4 Å². The molecule has 1 aromatic carbocycles. The van der Waals surface area contributed by atoms with E-state index in [1.165, 1.54) is 9.78 Å². The van der Waals surface area contributed by atoms with Gasteiger partial charge in [-0.1, -0.05) is 6.07 Å². The van der Waals surface area contributed by atoms with Crippen LogP contribution in [0, 0.1) is 0 Å². The van der Waals surface area contributed by atoms with E-state index in [4.69, 9.17) is 4.74 Å². The van der Waals surface area contributed by atoms with Gasteiger partial charge < -0.3 is 15.0 Å². The summed E-state index contributed by atoms with van der Waals surface area (Å²) in [6.45, 7) is 0.0322. The molecular formula is C17H20N2O3S2. The molecule has 0 atom stereocenters. The Kier molecular flexibility index (Phi) is 7.14. The molecule has 2 aromatic rings. The number of methoxy groups -OCH3 is 1. The predicted molar refractivity (Wildman–Crippen MR) is 99.7 cm³/mol. The third-order valence-electron chi connectivity index (χ3n) is 3.23. The maximum Gasteiger partial charge on any atom is 0.243 e. The number of ether oxygens (including phenoxy) is 1. The van der Waals surface area contributed by atoms with Gasteiger partial charge in [0.2, 0.25) is 11.8 Å². The van der Waals surface area contributed by atoms with Crippen LogP contribution in [0.15, 0.2) is 41.8 Å². The molecule has 5 nitrogen and oxygen atoms in total. The number of hydrogen-bond acceptors (Lipinski definition) is 5. The summed E-state index contributed by atoms with van der Waals surface area (Å²) in [4.78, 5) is 26.7. The Bertz CT molecular complexity index is 657. The van der Waals surface area contributed by atoms with Crippen molar-refractivity contribution in [2.45, 2.75) is 5.75 Å². The minimum Gasteiger partial charge on any atom is -0.497 e. The van der Waals surface area contributed by atoms with E-state index in [1.807, 2.05) is 17.5 Å². The largest absolute Gasteiger partial charge is 0.497 e. The number of thioether (sulfide) groups is 1. The molecule has 0 aliphatic heterocycles. The first-order valence-corrected chi connectivity index (χ1v) is 9.40. The molecule has 24 heavy (non-hydrogen) atoms. The van der Waals surface area contributed by atoms with Crippen molar-refractivity contribution in [3.05, 3.63) is 46.7 Å². The zero-order valence-electron chi connectivity index (χ0n) is 13.7. The molecule has 0 radical (unpaired) electrons. The Morgan fingerprint density at radius 2 is 2.00 bits per heavy atom. The van der Waals surface area contributed by atoms with Gasteiger partial charge >= 0.3 is 0 Å². The molecule has 0 bridgehead atoms. The van der Waals surface area contributed by atoms with Gasteiger partial charge in [0, 0.05) is 23.4 Å². The summed E-state index contributed by atoms with van der Waals surface area (Å²) in [5, 5.41) is 4.79. The van der Waals surface area contributed by atoms with E-state index >= 15 is 0 Å². The van der Waals surface area contributed by atoms with Crippen molar-refractivity contribution in [2.24, 2.45) is 0 Å². The van der Waals surface area contributed by atoms with Crippen molar-refractivity contribution in [1.82, 2.24) is 4.90 Å². The monoisotopic (exact) mass is 364 g/mol. The first-order valence-electron chi connectivity index (χ1n) is 7.36. The summed E-state index contributed by atoms with van der Waals surface area (Å²) >= 11 is 3.23. The smallest absolute Gasteiger partial charge is 0.243 e. The fourth-order valence-electron chi connectivity index (χ4n) is 1.92. The Hall–Kier alpha value is -1.99. The van der Waals surface area contributed by atoms with Crippen LogP contribution >= 0.6 is 23.1 Å². The molecule has 1 heterocycles. The number of nitrogens with one attached hydrogen (secondary N) is 1. The van der Waals surface area contributed by atoms with Crippen molar-refractivity contribution >= 4 is 40.6 Å². The summed E-state index contributed by atoms with van der Waals surface area (Å²) in [6, 6.07) is 11.1. The van der Waals surface area contributed by atoms with E-state index in [0.717, 1.165) is 11.5 Å². The molecule has 7 heteroatoms. The van der Waals surface area contributed by atoms with Gasteiger partial charge in [0.1, 0.15) is 5.75 Å². The van der Waals surface area contributed by atoms with Crippen LogP contribution in [0.4, 0.5) is 5.69 Å². The maximum atomic E-state index is 12.1. The maximum absolute atomic E-state index is 12.1. The summed E-state index contributed by atoms with van der Waals surface area (Å²) < 4.78 is 5.07. The van der Waals surface area contributed by atoms with E-state index in [-0.39, 0.29) is 18.4 Å². The standard InChI is InChI=1S/C17H20N2O3S2/c1-19(17(21)12-23-11-15-4-3-9-24-15)10-16(20)18-13-5-7-14(22-2)8-6-13/h3-9H,10-12H2,1-2H3,(H,18,20). The van der Waals surface area contributed by atoms with E-state index in [2.05, 4.69) is 5.32 Å². The highest BCUT2D eigenvalue weighted by Gasteiger charge is 2.13. The van der Waals surface area contributed by atoms with Gasteiger partial charge in [0.25, 0.3) is 0 Å². The van der Waals surface area contributed by atoms with Gasteiger partial charge in [-0.3, -0.25) is 9.59 Å². The predicted octanol–water partition coefficient (Wildman–Crippen LogP) is 3.09. The minimum atomic E-state index is -0.223. The Morgan fingerprint density at radius 1 is 1.25 bits per heavy atom. The molecule has 2 rings (SSSR count). The number of amides is 2. The summed E-state index contributed by atoms with van der Waals surface area (Å²) in [7, 11) is 3.23. The number of rotatable bonds is 8. The van der Waals surface area contributed by atoms with Crippen LogP contribution in [0.5, 0.6) is 5.75 Å². The van der Waals surface area contributed by atoms with Crippen LogP contribution in [0.1, 0.15) is 4.88 Å². The number of benzene rings is 1. The van der Waals surface area contributed by atoms with Crippen molar-refractivity contribution in [3.8, 4) is 5.75 Å². The van der Waals surface area contributed by atoms with E-state index < -0.39 is 0 Å². The molecular weight excluding hydrogens is 344 g/mol. The third-order valence-corrected chi connectivity index (χ3v) is 5.26. The van der Waals surface area contributed by atoms with Gasteiger partial charge in [-0.05, 0) is 35.7 Å². The highest BCUT2D eigenvalue weighted by atomic mass is 32.2. The zero-order chi connectivity index (χ0) is 17.4. The summed E-state index contributed by atoms with van der Waals surface area (Å²) in [5.41, 5.74) is 0.675. The SMILES string of the molecule is COc1ccc(NC(=O)CN(C)C(=O)CSCc2cccs2)cc1. The minimum absolute atomic E-state index is 0.0322. The molecule has 0 fully saturated rings. The van der Waals surface area contributed by atoms with Crippen LogP contribution in [0.3, 0.4) is 0 Å². The molecule has 0 unspecified atom stereocenters. The molecule has 0 aliphatic rings. The second-order valence-corrected chi connectivity index (χ2v) is 7.12. The van der Waals surface area contributed by atoms with Crippen LogP contribution in [-0.2, 0) is 15.3 Å². The lowest BCUT2D eigenvalue weighted by Gasteiger charge is -2.16. The average Bonchev–Trinajstić information content (AvgIpc) is 3.08. The molecule has 1 aromatic heterocycles. The van der Waals surface area contributed by atoms with Crippen LogP contribution in [0.2, 0.25) is 0 Å². The number of carbonyl (C=O) groups is 2. The van der Waals surface area contributed by atoms with Crippen LogP contribution < -0.4 is 10.1 Å². The van der Waals surface area contributed by atoms with Gasteiger partial charge in [-0.2, -0.15) is 0 Å². The fraction of sp³-hybridized carbons (Fsp3) is 0.294. The molecule has 0 saturated carbocycles. The van der Waals surface area contributed by atoms with Gasteiger partial charge in [0.15, 0.2) is 0 Å². The number of anilines is 1. The molecule has 1 N–H and O–H groups in total. The number of likely N-dealkylation sites (N-methyl/N-ethyl adjacent to an activating group) is 1. The van der Waals surface area contributed by atoms with Crippen molar-refractivity contribution in [2.75, 3.05) is 31.8 Å². The van der Waals surface area contributed by atoms with Crippen molar-refractivity contribution in [1.29, 1.82) is 0 Å². The van der Waals surface area contributed by atoms with Gasteiger partial charge in [0.05, 0.1) is 19.4 Å². The number of thiophene rings is 1. The lowest BCUT2D eigenvalue weighted by atomic mass is 10.3. The zero-order valence-corrected chi connectivity index (χ0v) is 15.3. The summed E-state index contributed by atoms with van der Waals surface area (Å²) in [5.74, 6) is 1.63. The average molecular weight is 364 g/mol. The lowest BCUT2D eigenvalue weighted by Crippen LogP contribution is -2.35. The van der Waals surface area contributed by atoms with Gasteiger partial charge in [-0.15, -0.1) is 23.1 Å². The second-order valence-electron chi connectivity index (χ2n) is 5.10. The number of carbonyl (C=O) groups excluding carboxylic acids is 2. The van der Waals surface area contributed by atoms with Gasteiger partial charge in [-0.25, -0.2) is 0 Å². The first kappa shape index (κ1) is 18.4. The highest BCUT2D eigenvalue weighted by Crippen LogP contribution is 2.17.